The van der Waals surface area contributed by atoms with Crippen molar-refractivity contribution in [1.29, 1.82) is 0 Å². The summed E-state index contributed by atoms with van der Waals surface area (Å²) in [6, 6.07) is 11.3. The second-order valence-electron chi connectivity index (χ2n) is 6.70. The van der Waals surface area contributed by atoms with Gasteiger partial charge in [-0.25, -0.2) is 4.98 Å². The molecular weight excluding hydrogens is 394 g/mol. The van der Waals surface area contributed by atoms with Crippen molar-refractivity contribution in [2.24, 2.45) is 0 Å². The van der Waals surface area contributed by atoms with E-state index in [1.54, 1.807) is 6.07 Å². The highest BCUT2D eigenvalue weighted by Crippen LogP contribution is 2.22. The van der Waals surface area contributed by atoms with E-state index in [9.17, 15) is 9.59 Å². The Bertz CT molecular complexity index is 1250. The lowest BCUT2D eigenvalue weighted by molar-refractivity contribution is 0.0970. The summed E-state index contributed by atoms with van der Waals surface area (Å²) >= 11 is 7.70. The summed E-state index contributed by atoms with van der Waals surface area (Å²) < 4.78 is 3.44. The molecule has 1 aromatic carbocycles. The molecule has 0 aliphatic heterocycles. The maximum Gasteiger partial charge on any atom is 0.262 e. The molecule has 0 aliphatic carbocycles. The molecule has 4 aromatic rings. The first kappa shape index (κ1) is 18.7. The van der Waals surface area contributed by atoms with Gasteiger partial charge in [-0.2, -0.15) is 0 Å². The normalized spacial score (nSPS) is 11.2. The Hall–Kier alpha value is -2.70. The van der Waals surface area contributed by atoms with E-state index in [2.05, 4.69) is 9.55 Å². The maximum absolute atomic E-state index is 12.9. The molecule has 5 nitrogen and oxygen atoms in total. The number of carbonyl (C=O) groups excluding carboxylic acids is 1. The Kier molecular flexibility index (Phi) is 4.91. The molecule has 3 heterocycles. The number of rotatable bonds is 5. The van der Waals surface area contributed by atoms with Crippen molar-refractivity contribution in [3.8, 4) is 0 Å². The van der Waals surface area contributed by atoms with Gasteiger partial charge in [0.05, 0.1) is 18.3 Å². The van der Waals surface area contributed by atoms with Crippen LogP contribution in [-0.4, -0.2) is 19.9 Å². The van der Waals surface area contributed by atoms with Gasteiger partial charge in [-0.15, -0.1) is 11.3 Å². The number of halogens is 1. The van der Waals surface area contributed by atoms with Crippen LogP contribution >= 0.6 is 22.9 Å². The standard InChI is InChI=1S/C21H18ClN3O2S/c1-13-9-17(14(2)25(13)10-15-5-3-4-6-18(15)22)19(26)11-24-12-23-20-16(21(24)27)7-8-28-20/h3-9,12H,10-11H2,1-2H3. The van der Waals surface area contributed by atoms with Crippen LogP contribution in [0.5, 0.6) is 0 Å². The third-order valence-electron chi connectivity index (χ3n) is 4.92. The highest BCUT2D eigenvalue weighted by atomic mass is 35.5. The summed E-state index contributed by atoms with van der Waals surface area (Å²) in [4.78, 5) is 30.4. The number of nitrogens with zero attached hydrogens (tertiary/aromatic N) is 3. The zero-order valence-electron chi connectivity index (χ0n) is 15.5. The Labute approximate surface area is 170 Å². The van der Waals surface area contributed by atoms with E-state index in [0.29, 0.717) is 27.3 Å². The SMILES string of the molecule is Cc1cc(C(=O)Cn2cnc3sccc3c2=O)c(C)n1Cc1ccccc1Cl. The van der Waals surface area contributed by atoms with Gasteiger partial charge in [0.25, 0.3) is 5.56 Å². The fraction of sp³-hybridized carbons (Fsp3) is 0.190. The van der Waals surface area contributed by atoms with Crippen molar-refractivity contribution in [3.05, 3.63) is 86.0 Å². The molecule has 0 unspecified atom stereocenters. The number of hydrogen-bond donors (Lipinski definition) is 0. The molecule has 0 aliphatic rings. The highest BCUT2D eigenvalue weighted by molar-refractivity contribution is 7.16. The van der Waals surface area contributed by atoms with E-state index in [0.717, 1.165) is 17.0 Å². The van der Waals surface area contributed by atoms with Gasteiger partial charge in [0.1, 0.15) is 4.83 Å². The first-order valence-electron chi connectivity index (χ1n) is 8.81. The number of benzene rings is 1. The first-order chi connectivity index (χ1) is 13.5. The van der Waals surface area contributed by atoms with Gasteiger partial charge < -0.3 is 4.57 Å². The van der Waals surface area contributed by atoms with Crippen LogP contribution < -0.4 is 5.56 Å². The van der Waals surface area contributed by atoms with E-state index < -0.39 is 0 Å². The number of fused-ring (bicyclic) bond motifs is 1. The second-order valence-corrected chi connectivity index (χ2v) is 8.00. The largest absolute Gasteiger partial charge is 0.344 e. The third kappa shape index (κ3) is 3.30. The van der Waals surface area contributed by atoms with E-state index in [-0.39, 0.29) is 17.9 Å². The summed E-state index contributed by atoms with van der Waals surface area (Å²) in [5.41, 5.74) is 3.25. The number of carbonyl (C=O) groups is 1. The molecule has 0 amide bonds. The maximum atomic E-state index is 12.9. The predicted molar refractivity (Wildman–Crippen MR) is 113 cm³/mol. The van der Waals surface area contributed by atoms with Gasteiger partial charge in [-0.3, -0.25) is 14.2 Å². The smallest absolute Gasteiger partial charge is 0.262 e. The van der Waals surface area contributed by atoms with Gasteiger partial charge in [0, 0.05) is 28.5 Å². The van der Waals surface area contributed by atoms with Crippen LogP contribution in [0.4, 0.5) is 0 Å². The Morgan fingerprint density at radius 2 is 2.00 bits per heavy atom. The molecule has 7 heteroatoms. The van der Waals surface area contributed by atoms with E-state index in [1.165, 1.54) is 22.2 Å². The van der Waals surface area contributed by atoms with Crippen LogP contribution in [0.2, 0.25) is 5.02 Å². The lowest BCUT2D eigenvalue weighted by atomic mass is 10.1. The average Bonchev–Trinajstić information content (AvgIpc) is 3.26. The van der Waals surface area contributed by atoms with Crippen molar-refractivity contribution in [2.75, 3.05) is 0 Å². The minimum absolute atomic E-state index is 0.0337. The number of thiophene rings is 1. The summed E-state index contributed by atoms with van der Waals surface area (Å²) in [6.07, 6.45) is 1.45. The molecule has 0 saturated carbocycles. The summed E-state index contributed by atoms with van der Waals surface area (Å²) in [5, 5.41) is 3.07. The summed E-state index contributed by atoms with van der Waals surface area (Å²) in [7, 11) is 0. The lowest BCUT2D eigenvalue weighted by Crippen LogP contribution is -2.24. The topological polar surface area (TPSA) is 56.9 Å². The first-order valence-corrected chi connectivity index (χ1v) is 10.1. The van der Waals surface area contributed by atoms with Gasteiger partial charge >= 0.3 is 0 Å². The minimum atomic E-state index is -0.190. The molecule has 0 atom stereocenters. The molecule has 0 fully saturated rings. The highest BCUT2D eigenvalue weighted by Gasteiger charge is 2.18. The van der Waals surface area contributed by atoms with Crippen molar-refractivity contribution in [1.82, 2.24) is 14.1 Å². The molecule has 4 rings (SSSR count). The fourth-order valence-electron chi connectivity index (χ4n) is 3.37. The van der Waals surface area contributed by atoms with Gasteiger partial charge in [-0.1, -0.05) is 29.8 Å². The van der Waals surface area contributed by atoms with Crippen LogP contribution in [0, 0.1) is 13.8 Å². The molecule has 0 N–H and O–H groups in total. The summed E-state index contributed by atoms with van der Waals surface area (Å²) in [5.74, 6) is -0.114. The second kappa shape index (κ2) is 7.37. The van der Waals surface area contributed by atoms with Crippen LogP contribution in [0.3, 0.4) is 0 Å². The molecule has 142 valence electrons. The van der Waals surface area contributed by atoms with Crippen molar-refractivity contribution < 1.29 is 4.79 Å². The van der Waals surface area contributed by atoms with Crippen molar-refractivity contribution in [2.45, 2.75) is 26.9 Å². The number of ketones is 1. The van der Waals surface area contributed by atoms with Crippen molar-refractivity contribution in [3.63, 3.8) is 0 Å². The molecule has 0 saturated heterocycles. The van der Waals surface area contributed by atoms with Gasteiger partial charge in [0.2, 0.25) is 0 Å². The van der Waals surface area contributed by atoms with E-state index >= 15 is 0 Å². The van der Waals surface area contributed by atoms with Crippen molar-refractivity contribution >= 4 is 38.9 Å². The minimum Gasteiger partial charge on any atom is -0.344 e. The monoisotopic (exact) mass is 411 g/mol. The van der Waals surface area contributed by atoms with Gasteiger partial charge in [-0.05, 0) is 43.0 Å². The fourth-order valence-corrected chi connectivity index (χ4v) is 4.29. The van der Waals surface area contributed by atoms with Crippen LogP contribution in [-0.2, 0) is 13.1 Å². The van der Waals surface area contributed by atoms with E-state index in [1.807, 2.05) is 49.6 Å². The molecule has 3 aromatic heterocycles. The molecule has 0 spiro atoms. The van der Waals surface area contributed by atoms with E-state index in [4.69, 9.17) is 11.6 Å². The Morgan fingerprint density at radius 3 is 2.79 bits per heavy atom. The van der Waals surface area contributed by atoms with Gasteiger partial charge in [0.15, 0.2) is 5.78 Å². The molecule has 0 bridgehead atoms. The Morgan fingerprint density at radius 1 is 1.21 bits per heavy atom. The van der Waals surface area contributed by atoms with Crippen LogP contribution in [0.25, 0.3) is 10.2 Å². The predicted octanol–water partition coefficient (Wildman–Crippen LogP) is 4.46. The number of Topliss-reactive ketones (excluding diaryl/α,β-unsaturated/α-hetero) is 1. The number of hydrogen-bond acceptors (Lipinski definition) is 4. The van der Waals surface area contributed by atoms with Crippen LogP contribution in [0.15, 0.2) is 52.9 Å². The third-order valence-corrected chi connectivity index (χ3v) is 6.11. The quantitative estimate of drug-likeness (QED) is 0.455. The lowest BCUT2D eigenvalue weighted by Gasteiger charge is -2.11. The average molecular weight is 412 g/mol. The zero-order chi connectivity index (χ0) is 19.8. The molecular formula is C21H18ClN3O2S. The number of aryl methyl sites for hydroxylation is 1. The van der Waals surface area contributed by atoms with Crippen LogP contribution in [0.1, 0.15) is 27.3 Å². The summed E-state index contributed by atoms with van der Waals surface area (Å²) in [6.45, 7) is 4.44. The zero-order valence-corrected chi connectivity index (χ0v) is 17.0. The molecule has 0 radical (unpaired) electrons. The molecule has 28 heavy (non-hydrogen) atoms. The Balaban J connectivity index is 1.64. The number of aromatic nitrogens is 3.